The van der Waals surface area contributed by atoms with Crippen molar-refractivity contribution in [1.29, 1.82) is 0 Å². The van der Waals surface area contributed by atoms with Crippen LogP contribution in [0.15, 0.2) is 0 Å². The Morgan fingerprint density at radius 2 is 1.33 bits per heavy atom. The van der Waals surface area contributed by atoms with Crippen molar-refractivity contribution < 1.29 is 28.5 Å². The quantitative estimate of drug-likeness (QED) is 0.204. The normalized spacial score (nSPS) is 31.6. The molecule has 3 rings (SSSR count). The Hall–Kier alpha value is -0.530. The maximum Gasteiger partial charge on any atom is 0.163 e. The zero-order valence-electron chi connectivity index (χ0n) is 23.9. The average molecular weight is 511 g/mol. The fourth-order valence-electron chi connectivity index (χ4n) is 5.94. The smallest absolute Gasteiger partial charge is 0.163 e. The minimum Gasteiger partial charge on any atom is -0.364 e. The molecular formula is C30H54O6. The highest BCUT2D eigenvalue weighted by atomic mass is 16.8. The molecule has 5 atom stereocenters. The van der Waals surface area contributed by atoms with Crippen LogP contribution in [0.25, 0.3) is 0 Å². The number of rotatable bonds is 16. The number of hydrogen-bond donors (Lipinski definition) is 0. The Balaban J connectivity index is 1.34. The van der Waals surface area contributed by atoms with Crippen LogP contribution >= 0.6 is 0 Å². The highest BCUT2D eigenvalue weighted by Crippen LogP contribution is 2.35. The predicted octanol–water partition coefficient (Wildman–Crippen LogP) is 7.26. The van der Waals surface area contributed by atoms with Crippen LogP contribution in [0.3, 0.4) is 0 Å². The number of carbonyl (C=O) groups is 1. The molecule has 6 nitrogen and oxygen atoms in total. The first-order valence-corrected chi connectivity index (χ1v) is 15.0. The van der Waals surface area contributed by atoms with Crippen LogP contribution in [0, 0.1) is 0 Å². The summed E-state index contributed by atoms with van der Waals surface area (Å²) in [5.74, 6) is -0.958. The van der Waals surface area contributed by atoms with Crippen LogP contribution in [0.4, 0.5) is 0 Å². The van der Waals surface area contributed by atoms with Crippen molar-refractivity contribution in [1.82, 2.24) is 0 Å². The van der Waals surface area contributed by atoms with Gasteiger partial charge in [0.25, 0.3) is 0 Å². The van der Waals surface area contributed by atoms with Gasteiger partial charge in [-0.2, -0.15) is 0 Å². The molecule has 0 spiro atoms. The first-order valence-electron chi connectivity index (χ1n) is 15.0. The van der Waals surface area contributed by atoms with E-state index in [1.54, 1.807) is 0 Å². The van der Waals surface area contributed by atoms with Crippen LogP contribution in [0.5, 0.6) is 0 Å². The second-order valence-corrected chi connectivity index (χ2v) is 12.1. The Bertz CT molecular complexity index is 647. The molecule has 6 heteroatoms. The number of ketones is 1. The first-order chi connectivity index (χ1) is 17.2. The van der Waals surface area contributed by atoms with E-state index in [4.69, 9.17) is 23.7 Å². The summed E-state index contributed by atoms with van der Waals surface area (Å²) in [5.41, 5.74) is 0. The summed E-state index contributed by atoms with van der Waals surface area (Å²) in [6.45, 7) is 10.6. The molecule has 0 bridgehead atoms. The molecule has 0 amide bonds. The molecule has 3 aliphatic rings. The van der Waals surface area contributed by atoms with E-state index in [9.17, 15) is 4.79 Å². The van der Waals surface area contributed by atoms with Gasteiger partial charge in [-0.1, -0.05) is 71.1 Å². The van der Waals surface area contributed by atoms with Crippen LogP contribution in [0.1, 0.15) is 137 Å². The molecule has 0 aromatic heterocycles. The standard InChI is InChI=1S/C30H54O6/c1-6-7-8-9-10-11-12-13-14-15-17-26-27(35-30(4,5)34-26)21-20-23(31)24-18-16-19-25(33-24)28-22-32-29(2,3)36-28/h24-28H,6-22H2,1-5H3/t24-,25+,26-,27-,28-/m1/s1. The van der Waals surface area contributed by atoms with Crippen LogP contribution in [-0.2, 0) is 28.5 Å². The summed E-state index contributed by atoms with van der Waals surface area (Å²) in [6.07, 6.45) is 17.7. The minimum absolute atomic E-state index is 0.0192. The summed E-state index contributed by atoms with van der Waals surface area (Å²) in [4.78, 5) is 13.1. The van der Waals surface area contributed by atoms with Gasteiger partial charge in [0.2, 0.25) is 0 Å². The highest BCUT2D eigenvalue weighted by molar-refractivity contribution is 5.83. The zero-order chi connectivity index (χ0) is 26.0. The molecule has 0 unspecified atom stereocenters. The van der Waals surface area contributed by atoms with E-state index in [1.165, 1.54) is 57.8 Å². The minimum atomic E-state index is -0.573. The molecule has 0 N–H and O–H groups in total. The molecule has 0 aromatic carbocycles. The van der Waals surface area contributed by atoms with Crippen LogP contribution < -0.4 is 0 Å². The number of carbonyl (C=O) groups excluding carboxylic acids is 1. The summed E-state index contributed by atoms with van der Waals surface area (Å²) >= 11 is 0. The van der Waals surface area contributed by atoms with E-state index in [1.807, 2.05) is 27.7 Å². The molecule has 0 radical (unpaired) electrons. The third-order valence-corrected chi connectivity index (χ3v) is 7.90. The van der Waals surface area contributed by atoms with Gasteiger partial charge in [-0.3, -0.25) is 4.79 Å². The third-order valence-electron chi connectivity index (χ3n) is 7.90. The largest absolute Gasteiger partial charge is 0.364 e. The molecule has 0 aromatic rings. The van der Waals surface area contributed by atoms with Gasteiger partial charge < -0.3 is 23.7 Å². The molecular weight excluding hydrogens is 456 g/mol. The van der Waals surface area contributed by atoms with Crippen molar-refractivity contribution in [2.75, 3.05) is 6.61 Å². The first kappa shape index (κ1) is 30.0. The summed E-state index contributed by atoms with van der Waals surface area (Å²) in [7, 11) is 0. The monoisotopic (exact) mass is 510 g/mol. The summed E-state index contributed by atoms with van der Waals surface area (Å²) < 4.78 is 30.4. The van der Waals surface area contributed by atoms with Gasteiger partial charge in [-0.05, 0) is 59.8 Å². The maximum atomic E-state index is 13.1. The predicted molar refractivity (Wildman–Crippen MR) is 142 cm³/mol. The van der Waals surface area contributed by atoms with E-state index < -0.39 is 11.6 Å². The SMILES string of the molecule is CCCCCCCCCCCC[C@H]1OC(C)(C)O[C@@H]1CCC(=O)[C@H]1CCC[C@@H]([C@H]2COC(C)(C)O2)O1. The Kier molecular flexibility index (Phi) is 12.2. The highest BCUT2D eigenvalue weighted by Gasteiger charge is 2.43. The average Bonchev–Trinajstić information content (AvgIpc) is 3.36. The molecule has 0 saturated carbocycles. The molecule has 3 aliphatic heterocycles. The fourth-order valence-corrected chi connectivity index (χ4v) is 5.94. The topological polar surface area (TPSA) is 63.2 Å². The van der Waals surface area contributed by atoms with Crippen molar-refractivity contribution in [3.63, 3.8) is 0 Å². The van der Waals surface area contributed by atoms with Crippen molar-refractivity contribution in [2.45, 2.75) is 179 Å². The van der Waals surface area contributed by atoms with Gasteiger partial charge in [0, 0.05) is 6.42 Å². The Morgan fingerprint density at radius 3 is 1.94 bits per heavy atom. The van der Waals surface area contributed by atoms with Crippen molar-refractivity contribution in [3.8, 4) is 0 Å². The molecule has 3 heterocycles. The number of hydrogen-bond acceptors (Lipinski definition) is 6. The summed E-state index contributed by atoms with van der Waals surface area (Å²) in [6, 6.07) is 0. The molecule has 3 fully saturated rings. The van der Waals surface area contributed by atoms with Gasteiger partial charge in [0.05, 0.1) is 24.9 Å². The van der Waals surface area contributed by atoms with E-state index in [-0.39, 0.29) is 36.3 Å². The van der Waals surface area contributed by atoms with E-state index >= 15 is 0 Å². The fraction of sp³-hybridized carbons (Fsp3) is 0.967. The maximum absolute atomic E-state index is 13.1. The van der Waals surface area contributed by atoms with Gasteiger partial charge in [-0.15, -0.1) is 0 Å². The second-order valence-electron chi connectivity index (χ2n) is 12.1. The van der Waals surface area contributed by atoms with Crippen molar-refractivity contribution in [3.05, 3.63) is 0 Å². The van der Waals surface area contributed by atoms with Crippen LogP contribution in [0.2, 0.25) is 0 Å². The molecule has 210 valence electrons. The van der Waals surface area contributed by atoms with Crippen molar-refractivity contribution in [2.24, 2.45) is 0 Å². The Labute approximate surface area is 220 Å². The van der Waals surface area contributed by atoms with Gasteiger partial charge in [-0.25, -0.2) is 0 Å². The lowest BCUT2D eigenvalue weighted by Gasteiger charge is -2.32. The van der Waals surface area contributed by atoms with E-state index in [0.29, 0.717) is 19.4 Å². The summed E-state index contributed by atoms with van der Waals surface area (Å²) in [5, 5.41) is 0. The van der Waals surface area contributed by atoms with Gasteiger partial charge in [0.15, 0.2) is 17.4 Å². The number of ether oxygens (including phenoxy) is 5. The second kappa shape index (κ2) is 14.6. The molecule has 0 aliphatic carbocycles. The molecule has 36 heavy (non-hydrogen) atoms. The third kappa shape index (κ3) is 9.98. The molecule has 3 saturated heterocycles. The number of unbranched alkanes of at least 4 members (excludes halogenated alkanes) is 9. The lowest BCUT2D eigenvalue weighted by atomic mass is 9.95. The van der Waals surface area contributed by atoms with E-state index in [0.717, 1.165) is 32.1 Å². The lowest BCUT2D eigenvalue weighted by molar-refractivity contribution is -0.174. The Morgan fingerprint density at radius 1 is 0.722 bits per heavy atom. The number of Topliss-reactive ketones (excluding diaryl/α,β-unsaturated/α-hetero) is 1. The van der Waals surface area contributed by atoms with Gasteiger partial charge in [0.1, 0.15) is 12.2 Å². The van der Waals surface area contributed by atoms with Crippen LogP contribution in [-0.4, -0.2) is 54.5 Å². The van der Waals surface area contributed by atoms with E-state index in [2.05, 4.69) is 6.92 Å². The zero-order valence-corrected chi connectivity index (χ0v) is 23.9. The van der Waals surface area contributed by atoms with Gasteiger partial charge >= 0.3 is 0 Å². The lowest BCUT2D eigenvalue weighted by Crippen LogP contribution is -2.42. The van der Waals surface area contributed by atoms with Crippen molar-refractivity contribution >= 4 is 5.78 Å².